The molecule has 0 fully saturated rings. The van der Waals surface area contributed by atoms with Gasteiger partial charge in [-0.2, -0.15) is 0 Å². The zero-order valence-electron chi connectivity index (χ0n) is 16.9. The number of nitrogens with zero attached hydrogens (tertiary/aromatic N) is 1. The van der Waals surface area contributed by atoms with Crippen molar-refractivity contribution in [2.45, 2.75) is 0 Å². The molecule has 7 nitrogen and oxygen atoms in total. The number of carbonyl (C=O) groups excluding carboxylic acids is 1. The fourth-order valence-electron chi connectivity index (χ4n) is 3.30. The molecule has 2 heterocycles. The largest absolute Gasteiger partial charge is 0.486 e. The second kappa shape index (κ2) is 9.16. The van der Waals surface area contributed by atoms with Crippen LogP contribution in [0.4, 0.5) is 5.69 Å². The third-order valence-electron chi connectivity index (χ3n) is 4.84. The van der Waals surface area contributed by atoms with Crippen molar-refractivity contribution in [3.63, 3.8) is 0 Å². The van der Waals surface area contributed by atoms with Crippen LogP contribution in [0.5, 0.6) is 11.5 Å². The van der Waals surface area contributed by atoms with Crippen LogP contribution in [0, 0.1) is 3.57 Å². The van der Waals surface area contributed by atoms with Gasteiger partial charge in [-0.15, -0.1) is 0 Å². The average molecular weight is 592 g/mol. The Balaban J connectivity index is 1.30. The summed E-state index contributed by atoms with van der Waals surface area (Å²) in [7, 11) is 0. The van der Waals surface area contributed by atoms with Crippen LogP contribution in [0.1, 0.15) is 10.4 Å². The van der Waals surface area contributed by atoms with Crippen molar-refractivity contribution < 1.29 is 18.7 Å². The Hall–Kier alpha value is -2.89. The summed E-state index contributed by atoms with van der Waals surface area (Å²) in [6.07, 6.45) is 0. The lowest BCUT2D eigenvalue weighted by Crippen LogP contribution is -2.34. The Morgan fingerprint density at radius 1 is 1.03 bits per heavy atom. The minimum Gasteiger partial charge on any atom is -0.486 e. The van der Waals surface area contributed by atoms with Crippen molar-refractivity contribution in [1.82, 2.24) is 10.3 Å². The molecule has 10 heteroatoms. The quantitative estimate of drug-likeness (QED) is 0.235. The number of ether oxygens (including phenoxy) is 2. The monoisotopic (exact) mass is 591 g/mol. The number of hydrogen-bond donors (Lipinski definition) is 2. The van der Waals surface area contributed by atoms with Gasteiger partial charge in [0, 0.05) is 14.8 Å². The topological polar surface area (TPSA) is 85.6 Å². The number of carbonyl (C=O) groups is 1. The number of oxazole rings is 1. The molecule has 5 rings (SSSR count). The van der Waals surface area contributed by atoms with Crippen LogP contribution >= 0.6 is 46.4 Å². The summed E-state index contributed by atoms with van der Waals surface area (Å²) in [5, 5.41) is 6.38. The average Bonchev–Trinajstić information content (AvgIpc) is 3.23. The second-order valence-electron chi connectivity index (χ2n) is 7.09. The molecule has 2 N–H and O–H groups in total. The molecule has 0 saturated carbocycles. The SMILES string of the molecule is O=C(NC(=S)Nc1ccc2oc(-c3cc(I)ccc3Cl)nc2c1)c1ccc2c(c1)OCCO2. The molecule has 1 amide bonds. The summed E-state index contributed by atoms with van der Waals surface area (Å²) in [6.45, 7) is 0.932. The summed E-state index contributed by atoms with van der Waals surface area (Å²) >= 11 is 13.8. The normalized spacial score (nSPS) is 12.4. The van der Waals surface area contributed by atoms with E-state index in [0.29, 0.717) is 58.0 Å². The first-order valence-electron chi connectivity index (χ1n) is 9.84. The van der Waals surface area contributed by atoms with Crippen LogP contribution in [0.3, 0.4) is 0 Å². The predicted molar refractivity (Wildman–Crippen MR) is 138 cm³/mol. The molecule has 0 unspecified atom stereocenters. The van der Waals surface area contributed by atoms with Gasteiger partial charge in [0.15, 0.2) is 22.2 Å². The van der Waals surface area contributed by atoms with E-state index in [-0.39, 0.29) is 11.0 Å². The Labute approximate surface area is 212 Å². The van der Waals surface area contributed by atoms with E-state index in [1.54, 1.807) is 36.4 Å². The smallest absolute Gasteiger partial charge is 0.257 e. The molecule has 0 spiro atoms. The van der Waals surface area contributed by atoms with Crippen molar-refractivity contribution >= 4 is 74.2 Å². The molecule has 0 aliphatic carbocycles. The molecule has 0 bridgehead atoms. The lowest BCUT2D eigenvalue weighted by Gasteiger charge is -2.18. The number of rotatable bonds is 3. The molecule has 0 saturated heterocycles. The van der Waals surface area contributed by atoms with E-state index in [4.69, 9.17) is 37.7 Å². The summed E-state index contributed by atoms with van der Waals surface area (Å²) in [5.41, 5.74) is 3.03. The number of nitrogens with one attached hydrogen (secondary N) is 2. The predicted octanol–water partition coefficient (Wildman–Crippen LogP) is 5.65. The van der Waals surface area contributed by atoms with Crippen molar-refractivity contribution in [2.75, 3.05) is 18.5 Å². The third-order valence-corrected chi connectivity index (χ3v) is 6.04. The molecular formula is C23H15ClIN3O4S. The van der Waals surface area contributed by atoms with E-state index in [0.717, 1.165) is 9.13 Å². The summed E-state index contributed by atoms with van der Waals surface area (Å²) in [4.78, 5) is 17.1. The number of benzene rings is 3. The number of halogens is 2. The molecule has 3 aromatic carbocycles. The number of amides is 1. The number of aromatic nitrogens is 1. The van der Waals surface area contributed by atoms with Crippen molar-refractivity contribution in [2.24, 2.45) is 0 Å². The lowest BCUT2D eigenvalue weighted by atomic mass is 10.2. The standard InChI is InChI=1S/C23H15ClIN3O4S/c24-16-4-2-13(25)10-15(16)22-27-17-11-14(3-6-18(17)32-22)26-23(33)28-21(29)12-1-5-19-20(9-12)31-8-7-30-19/h1-6,9-11H,7-8H2,(H2,26,28,29,33). The molecule has 1 aliphatic rings. The maximum absolute atomic E-state index is 12.6. The Kier molecular flexibility index (Phi) is 6.09. The minimum atomic E-state index is -0.359. The van der Waals surface area contributed by atoms with Crippen molar-refractivity contribution in [3.8, 4) is 23.0 Å². The Morgan fingerprint density at radius 3 is 2.70 bits per heavy atom. The van der Waals surface area contributed by atoms with Crippen molar-refractivity contribution in [3.05, 3.63) is 68.8 Å². The van der Waals surface area contributed by atoms with E-state index in [1.165, 1.54) is 0 Å². The van der Waals surface area contributed by atoms with Gasteiger partial charge in [-0.3, -0.25) is 10.1 Å². The van der Waals surface area contributed by atoms with Crippen LogP contribution in [-0.4, -0.2) is 29.2 Å². The van der Waals surface area contributed by atoms with Gasteiger partial charge in [-0.25, -0.2) is 4.98 Å². The lowest BCUT2D eigenvalue weighted by molar-refractivity contribution is 0.0976. The van der Waals surface area contributed by atoms with Gasteiger partial charge < -0.3 is 19.2 Å². The number of hydrogen-bond acceptors (Lipinski definition) is 6. The van der Waals surface area contributed by atoms with Gasteiger partial charge in [0.2, 0.25) is 5.89 Å². The molecule has 0 radical (unpaired) electrons. The number of thiocarbonyl (C=S) groups is 1. The van der Waals surface area contributed by atoms with Gasteiger partial charge in [-0.1, -0.05) is 11.6 Å². The summed E-state index contributed by atoms with van der Waals surface area (Å²) < 4.78 is 17.9. The van der Waals surface area contributed by atoms with E-state index in [9.17, 15) is 4.79 Å². The summed E-state index contributed by atoms with van der Waals surface area (Å²) in [6, 6.07) is 16.0. The fourth-order valence-corrected chi connectivity index (χ4v) is 4.20. The molecule has 166 valence electrons. The highest BCUT2D eigenvalue weighted by Crippen LogP contribution is 2.32. The fraction of sp³-hybridized carbons (Fsp3) is 0.0870. The van der Waals surface area contributed by atoms with E-state index in [2.05, 4.69) is 38.2 Å². The van der Waals surface area contributed by atoms with Crippen LogP contribution in [0.2, 0.25) is 5.02 Å². The van der Waals surface area contributed by atoms with E-state index in [1.807, 2.05) is 18.2 Å². The molecular weight excluding hydrogens is 577 g/mol. The van der Waals surface area contributed by atoms with Crippen molar-refractivity contribution in [1.29, 1.82) is 0 Å². The Bertz CT molecular complexity index is 1410. The minimum absolute atomic E-state index is 0.151. The van der Waals surface area contributed by atoms with Gasteiger partial charge in [0.05, 0.1) is 10.6 Å². The zero-order chi connectivity index (χ0) is 22.9. The highest BCUT2D eigenvalue weighted by atomic mass is 127. The molecule has 33 heavy (non-hydrogen) atoms. The van der Waals surface area contributed by atoms with Gasteiger partial charge in [-0.05, 0) is 89.4 Å². The molecule has 0 atom stereocenters. The van der Waals surface area contributed by atoms with E-state index >= 15 is 0 Å². The molecule has 1 aromatic heterocycles. The van der Waals surface area contributed by atoms with E-state index < -0.39 is 0 Å². The Morgan fingerprint density at radius 2 is 1.85 bits per heavy atom. The first kappa shape index (κ1) is 21.9. The number of anilines is 1. The van der Waals surface area contributed by atoms with Crippen LogP contribution in [0.25, 0.3) is 22.6 Å². The highest BCUT2D eigenvalue weighted by molar-refractivity contribution is 14.1. The first-order valence-corrected chi connectivity index (χ1v) is 11.7. The maximum atomic E-state index is 12.6. The van der Waals surface area contributed by atoms with Crippen LogP contribution in [-0.2, 0) is 0 Å². The second-order valence-corrected chi connectivity index (χ2v) is 9.15. The maximum Gasteiger partial charge on any atom is 0.257 e. The van der Waals surface area contributed by atoms with Gasteiger partial charge >= 0.3 is 0 Å². The molecule has 4 aromatic rings. The first-order chi connectivity index (χ1) is 16.0. The van der Waals surface area contributed by atoms with Crippen LogP contribution in [0.15, 0.2) is 59.0 Å². The number of fused-ring (bicyclic) bond motifs is 2. The zero-order valence-corrected chi connectivity index (χ0v) is 20.6. The highest BCUT2D eigenvalue weighted by Gasteiger charge is 2.16. The van der Waals surface area contributed by atoms with Crippen LogP contribution < -0.4 is 20.1 Å². The molecule has 1 aliphatic heterocycles. The van der Waals surface area contributed by atoms with Gasteiger partial charge in [0.25, 0.3) is 5.91 Å². The third kappa shape index (κ3) is 4.75. The van der Waals surface area contributed by atoms with Gasteiger partial charge in [0.1, 0.15) is 18.7 Å². The summed E-state index contributed by atoms with van der Waals surface area (Å²) in [5.74, 6) is 1.22.